The summed E-state index contributed by atoms with van der Waals surface area (Å²) in [5.74, 6) is 0.626. The van der Waals surface area contributed by atoms with Crippen molar-refractivity contribution in [1.82, 2.24) is 19.3 Å². The topological polar surface area (TPSA) is 76.9 Å². The number of sulfonamides is 1. The van der Waals surface area contributed by atoms with E-state index in [0.29, 0.717) is 17.3 Å². The first kappa shape index (κ1) is 21.2. The van der Waals surface area contributed by atoms with Crippen molar-refractivity contribution < 1.29 is 8.42 Å². The summed E-state index contributed by atoms with van der Waals surface area (Å²) < 4.78 is 31.0. The van der Waals surface area contributed by atoms with Gasteiger partial charge in [-0.15, -0.1) is 0 Å². The van der Waals surface area contributed by atoms with E-state index in [4.69, 9.17) is 0 Å². The summed E-state index contributed by atoms with van der Waals surface area (Å²) in [7, 11) is -3.69. The predicted molar refractivity (Wildman–Crippen MR) is 122 cm³/mol. The summed E-state index contributed by atoms with van der Waals surface area (Å²) >= 11 is 0. The third-order valence-corrected chi connectivity index (χ3v) is 7.01. The molecule has 6 nitrogen and oxygen atoms in total. The van der Waals surface area contributed by atoms with Gasteiger partial charge in [-0.3, -0.25) is 0 Å². The van der Waals surface area contributed by atoms with Crippen molar-refractivity contribution >= 4 is 21.2 Å². The SMILES string of the molecule is Cc1cccc(Cn2c(CNS(=O)(=O)c3c(C)cc(C)cc3C)nc3cccnc32)c1. The Kier molecular flexibility index (Phi) is 5.64. The number of nitrogens with one attached hydrogen (secondary N) is 1. The maximum absolute atomic E-state index is 13.1. The van der Waals surface area contributed by atoms with Crippen LogP contribution in [0, 0.1) is 27.7 Å². The molecule has 160 valence electrons. The Bertz CT molecular complexity index is 1350. The van der Waals surface area contributed by atoms with Gasteiger partial charge >= 0.3 is 0 Å². The second kappa shape index (κ2) is 8.24. The molecule has 0 aliphatic rings. The fraction of sp³-hybridized carbons (Fsp3) is 0.250. The minimum absolute atomic E-state index is 0.0806. The van der Waals surface area contributed by atoms with Gasteiger partial charge in [0.1, 0.15) is 11.3 Å². The van der Waals surface area contributed by atoms with E-state index in [-0.39, 0.29) is 6.54 Å². The molecule has 2 aromatic heterocycles. The van der Waals surface area contributed by atoms with Crippen LogP contribution in [-0.2, 0) is 23.1 Å². The molecule has 0 spiro atoms. The molecule has 0 saturated heterocycles. The van der Waals surface area contributed by atoms with Crippen LogP contribution in [0.1, 0.15) is 33.6 Å². The second-order valence-corrected chi connectivity index (χ2v) is 9.71. The van der Waals surface area contributed by atoms with Crippen LogP contribution in [0.2, 0.25) is 0 Å². The van der Waals surface area contributed by atoms with Gasteiger partial charge in [-0.2, -0.15) is 0 Å². The molecule has 4 aromatic rings. The molecule has 0 atom stereocenters. The van der Waals surface area contributed by atoms with Crippen LogP contribution in [0.4, 0.5) is 0 Å². The van der Waals surface area contributed by atoms with Crippen LogP contribution in [0.25, 0.3) is 11.2 Å². The number of hydrogen-bond donors (Lipinski definition) is 1. The zero-order chi connectivity index (χ0) is 22.2. The lowest BCUT2D eigenvalue weighted by Gasteiger charge is -2.14. The number of hydrogen-bond acceptors (Lipinski definition) is 4. The summed E-state index contributed by atoms with van der Waals surface area (Å²) in [5.41, 5.74) is 6.27. The smallest absolute Gasteiger partial charge is 0.241 e. The average molecular weight is 435 g/mol. The molecule has 0 bridgehead atoms. The molecule has 1 N–H and O–H groups in total. The lowest BCUT2D eigenvalue weighted by atomic mass is 10.1. The van der Waals surface area contributed by atoms with Crippen molar-refractivity contribution in [2.45, 2.75) is 45.7 Å². The molecule has 0 saturated carbocycles. The fourth-order valence-corrected chi connectivity index (χ4v) is 5.55. The van der Waals surface area contributed by atoms with Crippen molar-refractivity contribution in [3.8, 4) is 0 Å². The lowest BCUT2D eigenvalue weighted by molar-refractivity contribution is 0.575. The molecule has 2 aromatic carbocycles. The Morgan fingerprint density at radius 1 is 0.935 bits per heavy atom. The average Bonchev–Trinajstić information content (AvgIpc) is 3.03. The minimum atomic E-state index is -3.69. The van der Waals surface area contributed by atoms with Crippen LogP contribution in [0.3, 0.4) is 0 Å². The fourth-order valence-electron chi connectivity index (χ4n) is 4.12. The Balaban J connectivity index is 1.69. The molecule has 0 amide bonds. The van der Waals surface area contributed by atoms with Gasteiger partial charge in [0.05, 0.1) is 18.0 Å². The molecular formula is C24H26N4O2S. The van der Waals surface area contributed by atoms with Gasteiger partial charge in [-0.25, -0.2) is 23.1 Å². The van der Waals surface area contributed by atoms with Crippen molar-refractivity contribution in [2.75, 3.05) is 0 Å². The van der Waals surface area contributed by atoms with Crippen LogP contribution in [-0.4, -0.2) is 23.0 Å². The molecule has 2 heterocycles. The van der Waals surface area contributed by atoms with Gasteiger partial charge in [-0.05, 0) is 56.5 Å². The van der Waals surface area contributed by atoms with E-state index in [2.05, 4.69) is 39.8 Å². The monoisotopic (exact) mass is 434 g/mol. The van der Waals surface area contributed by atoms with Gasteiger partial charge in [0.15, 0.2) is 5.65 Å². The van der Waals surface area contributed by atoms with Crippen LogP contribution in [0.15, 0.2) is 59.6 Å². The Hall–Kier alpha value is -3.03. The summed E-state index contributed by atoms with van der Waals surface area (Å²) in [5, 5.41) is 0. The van der Waals surface area contributed by atoms with Gasteiger partial charge in [0.2, 0.25) is 10.0 Å². The number of imidazole rings is 1. The highest BCUT2D eigenvalue weighted by atomic mass is 32.2. The van der Waals surface area contributed by atoms with Crippen molar-refractivity contribution in [3.63, 3.8) is 0 Å². The molecule has 0 radical (unpaired) electrons. The van der Waals surface area contributed by atoms with E-state index in [1.165, 1.54) is 5.56 Å². The zero-order valence-electron chi connectivity index (χ0n) is 18.2. The molecular weight excluding hydrogens is 408 g/mol. The number of nitrogens with zero attached hydrogens (tertiary/aromatic N) is 3. The van der Waals surface area contributed by atoms with Crippen LogP contribution >= 0.6 is 0 Å². The third-order valence-electron chi connectivity index (χ3n) is 5.30. The van der Waals surface area contributed by atoms with E-state index in [9.17, 15) is 8.42 Å². The van der Waals surface area contributed by atoms with E-state index >= 15 is 0 Å². The minimum Gasteiger partial charge on any atom is -0.307 e. The molecule has 31 heavy (non-hydrogen) atoms. The number of fused-ring (bicyclic) bond motifs is 1. The van der Waals surface area contributed by atoms with Crippen LogP contribution < -0.4 is 4.72 Å². The summed E-state index contributed by atoms with van der Waals surface area (Å²) in [6.07, 6.45) is 1.73. The first-order valence-electron chi connectivity index (χ1n) is 10.2. The number of pyridine rings is 1. The lowest BCUT2D eigenvalue weighted by Crippen LogP contribution is -2.26. The van der Waals surface area contributed by atoms with E-state index in [1.54, 1.807) is 6.20 Å². The highest BCUT2D eigenvalue weighted by Crippen LogP contribution is 2.22. The molecule has 7 heteroatoms. The second-order valence-electron chi connectivity index (χ2n) is 8.00. The van der Waals surface area contributed by atoms with Gasteiger partial charge < -0.3 is 4.57 Å². The quantitative estimate of drug-likeness (QED) is 0.494. The number of benzene rings is 2. The van der Waals surface area contributed by atoms with E-state index in [1.807, 2.05) is 55.7 Å². The summed E-state index contributed by atoms with van der Waals surface area (Å²) in [6, 6.07) is 15.7. The van der Waals surface area contributed by atoms with Crippen molar-refractivity contribution in [2.24, 2.45) is 0 Å². The Morgan fingerprint density at radius 2 is 1.68 bits per heavy atom. The van der Waals surface area contributed by atoms with Gasteiger partial charge in [0, 0.05) is 6.20 Å². The highest BCUT2D eigenvalue weighted by molar-refractivity contribution is 7.89. The van der Waals surface area contributed by atoms with Gasteiger partial charge in [-0.1, -0.05) is 47.5 Å². The maximum Gasteiger partial charge on any atom is 0.241 e. The maximum atomic E-state index is 13.1. The molecule has 0 aliphatic heterocycles. The Morgan fingerprint density at radius 3 is 2.39 bits per heavy atom. The van der Waals surface area contributed by atoms with Crippen LogP contribution in [0.5, 0.6) is 0 Å². The largest absolute Gasteiger partial charge is 0.307 e. The summed E-state index contributed by atoms with van der Waals surface area (Å²) in [4.78, 5) is 9.48. The predicted octanol–water partition coefficient (Wildman–Crippen LogP) is 4.19. The third kappa shape index (κ3) is 4.38. The zero-order valence-corrected chi connectivity index (χ0v) is 19.0. The standard InChI is InChI=1S/C24H26N4O2S/c1-16-7-5-8-20(13-16)15-28-22(27-21-9-6-10-25-24(21)28)14-26-31(29,30)23-18(3)11-17(2)12-19(23)4/h5-13,26H,14-15H2,1-4H3. The molecule has 0 unspecified atom stereocenters. The number of aryl methyl sites for hydroxylation is 4. The number of aromatic nitrogens is 3. The number of rotatable bonds is 6. The molecule has 4 rings (SSSR count). The van der Waals surface area contributed by atoms with Gasteiger partial charge in [0.25, 0.3) is 0 Å². The van der Waals surface area contributed by atoms with E-state index < -0.39 is 10.0 Å². The summed E-state index contributed by atoms with van der Waals surface area (Å²) in [6.45, 7) is 8.31. The first-order chi connectivity index (χ1) is 14.7. The molecule has 0 fully saturated rings. The van der Waals surface area contributed by atoms with E-state index in [0.717, 1.165) is 33.4 Å². The van der Waals surface area contributed by atoms with Crippen molar-refractivity contribution in [3.05, 3.63) is 88.4 Å². The highest BCUT2D eigenvalue weighted by Gasteiger charge is 2.21. The van der Waals surface area contributed by atoms with Crippen molar-refractivity contribution in [1.29, 1.82) is 0 Å². The molecule has 0 aliphatic carbocycles. The first-order valence-corrected chi connectivity index (χ1v) is 11.7. The normalized spacial score (nSPS) is 11.9. The Labute approximate surface area is 183 Å².